The number of alkyl carbamates (subject to hydrolysis) is 1. The van der Waals surface area contributed by atoms with E-state index >= 15 is 0 Å². The molecule has 1 amide bonds. The van der Waals surface area contributed by atoms with Crippen molar-refractivity contribution in [3.63, 3.8) is 0 Å². The lowest BCUT2D eigenvalue weighted by Gasteiger charge is -2.19. The van der Waals surface area contributed by atoms with E-state index in [0.717, 1.165) is 0 Å². The Balaban J connectivity index is 3.63. The first-order chi connectivity index (χ1) is 7.35. The summed E-state index contributed by atoms with van der Waals surface area (Å²) in [4.78, 5) is 22.2. The van der Waals surface area contributed by atoms with Gasteiger partial charge in [-0.3, -0.25) is 4.79 Å². The van der Waals surface area contributed by atoms with Crippen LogP contribution in [0.1, 0.15) is 27.2 Å². The molecular formula is C10H20N2O4. The van der Waals surface area contributed by atoms with Gasteiger partial charge in [0.05, 0.1) is 6.61 Å². The van der Waals surface area contributed by atoms with E-state index in [1.165, 1.54) is 0 Å². The van der Waals surface area contributed by atoms with Crippen molar-refractivity contribution in [3.8, 4) is 0 Å². The summed E-state index contributed by atoms with van der Waals surface area (Å²) in [7, 11) is 0. The van der Waals surface area contributed by atoms with Crippen LogP contribution in [0, 0.1) is 0 Å². The maximum atomic E-state index is 11.1. The Bertz CT molecular complexity index is 235. The van der Waals surface area contributed by atoms with Gasteiger partial charge in [-0.25, -0.2) is 4.79 Å². The van der Waals surface area contributed by atoms with E-state index in [9.17, 15) is 9.59 Å². The first-order valence-corrected chi connectivity index (χ1v) is 5.17. The maximum Gasteiger partial charge on any atom is 0.408 e. The van der Waals surface area contributed by atoms with Crippen molar-refractivity contribution in [1.82, 2.24) is 5.32 Å². The van der Waals surface area contributed by atoms with Gasteiger partial charge in [0.25, 0.3) is 0 Å². The van der Waals surface area contributed by atoms with Gasteiger partial charge in [-0.05, 0) is 33.7 Å². The van der Waals surface area contributed by atoms with Crippen LogP contribution in [0.5, 0.6) is 0 Å². The van der Waals surface area contributed by atoms with Gasteiger partial charge in [-0.1, -0.05) is 0 Å². The highest BCUT2D eigenvalue weighted by Crippen LogP contribution is 2.06. The molecule has 0 unspecified atom stereocenters. The second kappa shape index (κ2) is 7.05. The molecule has 6 heteroatoms. The van der Waals surface area contributed by atoms with E-state index in [2.05, 4.69) is 5.32 Å². The van der Waals surface area contributed by atoms with Crippen LogP contribution in [-0.2, 0) is 14.3 Å². The SMILES string of the molecule is CC(C)(C)OC(=O)NCC(=O)OCCCN. The summed E-state index contributed by atoms with van der Waals surface area (Å²) in [5, 5.41) is 2.30. The monoisotopic (exact) mass is 232 g/mol. The normalized spacial score (nSPS) is 10.8. The molecule has 0 fully saturated rings. The molecule has 0 aromatic carbocycles. The second-order valence-corrected chi connectivity index (χ2v) is 4.22. The molecule has 6 nitrogen and oxygen atoms in total. The van der Waals surface area contributed by atoms with E-state index < -0.39 is 17.7 Å². The van der Waals surface area contributed by atoms with Gasteiger partial charge < -0.3 is 20.5 Å². The zero-order valence-corrected chi connectivity index (χ0v) is 10.0. The first-order valence-electron chi connectivity index (χ1n) is 5.17. The molecule has 0 rings (SSSR count). The smallest absolute Gasteiger partial charge is 0.408 e. The summed E-state index contributed by atoms with van der Waals surface area (Å²) < 4.78 is 9.71. The molecule has 16 heavy (non-hydrogen) atoms. The van der Waals surface area contributed by atoms with Crippen LogP contribution in [0.15, 0.2) is 0 Å². The Morgan fingerprint density at radius 1 is 1.31 bits per heavy atom. The van der Waals surface area contributed by atoms with Gasteiger partial charge >= 0.3 is 12.1 Å². The zero-order chi connectivity index (χ0) is 12.6. The lowest BCUT2D eigenvalue weighted by molar-refractivity contribution is -0.142. The minimum Gasteiger partial charge on any atom is -0.464 e. The van der Waals surface area contributed by atoms with Crippen molar-refractivity contribution in [2.24, 2.45) is 5.73 Å². The van der Waals surface area contributed by atoms with Gasteiger partial charge in [-0.15, -0.1) is 0 Å². The lowest BCUT2D eigenvalue weighted by Crippen LogP contribution is -2.36. The topological polar surface area (TPSA) is 90.6 Å². The molecule has 0 saturated heterocycles. The predicted molar refractivity (Wildman–Crippen MR) is 58.9 cm³/mol. The number of amides is 1. The number of rotatable bonds is 5. The molecule has 0 radical (unpaired) electrons. The Morgan fingerprint density at radius 3 is 2.44 bits per heavy atom. The molecule has 0 atom stereocenters. The molecule has 0 aliphatic heterocycles. The number of hydrogen-bond donors (Lipinski definition) is 2. The highest BCUT2D eigenvalue weighted by Gasteiger charge is 2.16. The van der Waals surface area contributed by atoms with E-state index in [1.54, 1.807) is 20.8 Å². The predicted octanol–water partition coefficient (Wildman–Crippen LogP) is 0.403. The summed E-state index contributed by atoms with van der Waals surface area (Å²) in [6.07, 6.45) is -0.0266. The fraction of sp³-hybridized carbons (Fsp3) is 0.800. The number of carbonyl (C=O) groups is 2. The largest absolute Gasteiger partial charge is 0.464 e. The third kappa shape index (κ3) is 9.26. The Morgan fingerprint density at radius 2 is 1.94 bits per heavy atom. The van der Waals surface area contributed by atoms with E-state index in [-0.39, 0.29) is 13.2 Å². The first kappa shape index (κ1) is 14.7. The standard InChI is InChI=1S/C10H20N2O4/c1-10(2,3)16-9(14)12-7-8(13)15-6-4-5-11/h4-7,11H2,1-3H3,(H,12,14). The average molecular weight is 232 g/mol. The van der Waals surface area contributed by atoms with Crippen LogP contribution < -0.4 is 11.1 Å². The summed E-state index contributed by atoms with van der Waals surface area (Å²) in [5.41, 5.74) is 4.65. The molecule has 3 N–H and O–H groups in total. The highest BCUT2D eigenvalue weighted by molar-refractivity contribution is 5.77. The fourth-order valence-corrected chi connectivity index (χ4v) is 0.779. The number of hydrogen-bond acceptors (Lipinski definition) is 5. The van der Waals surface area contributed by atoms with Crippen LogP contribution >= 0.6 is 0 Å². The number of carbonyl (C=O) groups excluding carboxylic acids is 2. The molecule has 0 saturated carbocycles. The zero-order valence-electron chi connectivity index (χ0n) is 10.0. The van der Waals surface area contributed by atoms with Crippen molar-refractivity contribution in [3.05, 3.63) is 0 Å². The molecule has 94 valence electrons. The van der Waals surface area contributed by atoms with E-state index in [1.807, 2.05) is 0 Å². The van der Waals surface area contributed by atoms with Crippen LogP contribution in [-0.4, -0.2) is 37.4 Å². The number of ether oxygens (including phenoxy) is 2. The molecule has 0 aromatic heterocycles. The van der Waals surface area contributed by atoms with Crippen LogP contribution in [0.2, 0.25) is 0 Å². The second-order valence-electron chi connectivity index (χ2n) is 4.22. The molecule has 0 heterocycles. The quantitative estimate of drug-likeness (QED) is 0.529. The van der Waals surface area contributed by atoms with Crippen molar-refractivity contribution >= 4 is 12.1 Å². The molecule has 0 spiro atoms. The van der Waals surface area contributed by atoms with Gasteiger partial charge in [0.1, 0.15) is 12.1 Å². The number of nitrogens with one attached hydrogen (secondary N) is 1. The summed E-state index contributed by atoms with van der Waals surface area (Å²) in [6, 6.07) is 0. The van der Waals surface area contributed by atoms with Gasteiger partial charge in [0.2, 0.25) is 0 Å². The molecular weight excluding hydrogens is 212 g/mol. The van der Waals surface area contributed by atoms with Gasteiger partial charge in [-0.2, -0.15) is 0 Å². The highest BCUT2D eigenvalue weighted by atomic mass is 16.6. The Hall–Kier alpha value is -1.30. The summed E-state index contributed by atoms with van der Waals surface area (Å²) in [5.74, 6) is -0.501. The minimum atomic E-state index is -0.636. The van der Waals surface area contributed by atoms with Gasteiger partial charge in [0.15, 0.2) is 0 Å². The van der Waals surface area contributed by atoms with Gasteiger partial charge in [0, 0.05) is 0 Å². The van der Waals surface area contributed by atoms with Crippen LogP contribution in [0.25, 0.3) is 0 Å². The summed E-state index contributed by atoms with van der Waals surface area (Å²) in [6.45, 7) is 5.77. The molecule has 0 aliphatic carbocycles. The lowest BCUT2D eigenvalue weighted by atomic mass is 10.2. The van der Waals surface area contributed by atoms with Crippen LogP contribution in [0.4, 0.5) is 4.79 Å². The van der Waals surface area contributed by atoms with Crippen molar-refractivity contribution in [1.29, 1.82) is 0 Å². The maximum absolute atomic E-state index is 11.1. The molecule has 0 aliphatic rings. The van der Waals surface area contributed by atoms with Crippen LogP contribution in [0.3, 0.4) is 0 Å². The molecule has 0 bridgehead atoms. The third-order valence-electron chi connectivity index (χ3n) is 1.39. The third-order valence-corrected chi connectivity index (χ3v) is 1.39. The Labute approximate surface area is 95.5 Å². The van der Waals surface area contributed by atoms with Crippen molar-refractivity contribution < 1.29 is 19.1 Å². The fourth-order valence-electron chi connectivity index (χ4n) is 0.779. The van der Waals surface area contributed by atoms with Crippen molar-refractivity contribution in [2.75, 3.05) is 19.7 Å². The van der Waals surface area contributed by atoms with E-state index in [4.69, 9.17) is 15.2 Å². The number of nitrogens with two attached hydrogens (primary N) is 1. The Kier molecular flexibility index (Phi) is 6.48. The average Bonchev–Trinajstić information content (AvgIpc) is 2.12. The minimum absolute atomic E-state index is 0.195. The van der Waals surface area contributed by atoms with E-state index in [0.29, 0.717) is 13.0 Å². The van der Waals surface area contributed by atoms with Crippen molar-refractivity contribution in [2.45, 2.75) is 32.8 Å². The summed E-state index contributed by atoms with van der Waals surface area (Å²) >= 11 is 0. The number of esters is 1. The molecule has 0 aromatic rings.